The SMILES string of the molecule is C/C=C\C=C/Cc1cc2c(C)nc3ccnn3c2nc1-c1ccc(C2CC(C)(C)C2)cc1. The molecule has 3 aromatic heterocycles. The fourth-order valence-corrected chi connectivity index (χ4v) is 4.96. The van der Waals surface area contributed by atoms with E-state index < -0.39 is 0 Å². The Kier molecular flexibility index (Phi) is 5.16. The van der Waals surface area contributed by atoms with Gasteiger partial charge in [0.15, 0.2) is 11.3 Å². The van der Waals surface area contributed by atoms with Gasteiger partial charge in [0.25, 0.3) is 0 Å². The van der Waals surface area contributed by atoms with Gasteiger partial charge in [0.2, 0.25) is 0 Å². The van der Waals surface area contributed by atoms with Crippen molar-refractivity contribution in [1.29, 1.82) is 0 Å². The first-order valence-electron chi connectivity index (χ1n) is 11.5. The molecule has 0 saturated heterocycles. The molecule has 0 aliphatic heterocycles. The van der Waals surface area contributed by atoms with Gasteiger partial charge < -0.3 is 0 Å². The van der Waals surface area contributed by atoms with Crippen molar-refractivity contribution in [1.82, 2.24) is 19.6 Å². The molecule has 4 heteroatoms. The average molecular weight is 423 g/mol. The quantitative estimate of drug-likeness (QED) is 0.331. The predicted molar refractivity (Wildman–Crippen MR) is 132 cm³/mol. The van der Waals surface area contributed by atoms with Gasteiger partial charge in [0, 0.05) is 17.0 Å². The van der Waals surface area contributed by atoms with Crippen molar-refractivity contribution in [3.8, 4) is 11.3 Å². The number of benzene rings is 1. The summed E-state index contributed by atoms with van der Waals surface area (Å²) in [6.07, 6.45) is 13.5. The van der Waals surface area contributed by atoms with Crippen molar-refractivity contribution < 1.29 is 0 Å². The van der Waals surface area contributed by atoms with E-state index in [4.69, 9.17) is 9.97 Å². The topological polar surface area (TPSA) is 43.1 Å². The Morgan fingerprint density at radius 1 is 1.06 bits per heavy atom. The van der Waals surface area contributed by atoms with Crippen LogP contribution in [0.3, 0.4) is 0 Å². The molecule has 0 amide bonds. The molecular weight excluding hydrogens is 392 g/mol. The van der Waals surface area contributed by atoms with Gasteiger partial charge in [-0.25, -0.2) is 9.97 Å². The number of rotatable bonds is 5. The maximum absolute atomic E-state index is 5.15. The van der Waals surface area contributed by atoms with Gasteiger partial charge in [-0.05, 0) is 61.6 Å². The van der Waals surface area contributed by atoms with E-state index in [0.717, 1.165) is 40.1 Å². The van der Waals surface area contributed by atoms with Gasteiger partial charge in [-0.3, -0.25) is 0 Å². The first-order chi connectivity index (χ1) is 15.4. The van der Waals surface area contributed by atoms with Gasteiger partial charge >= 0.3 is 0 Å². The van der Waals surface area contributed by atoms with E-state index in [1.165, 1.54) is 24.0 Å². The first kappa shape index (κ1) is 20.6. The van der Waals surface area contributed by atoms with Crippen LogP contribution < -0.4 is 0 Å². The van der Waals surface area contributed by atoms with Crippen LogP contribution in [-0.2, 0) is 6.42 Å². The molecule has 0 spiro atoms. The minimum Gasteiger partial charge on any atom is -0.233 e. The number of nitrogens with zero attached hydrogens (tertiary/aromatic N) is 4. The molecule has 1 aliphatic carbocycles. The van der Waals surface area contributed by atoms with E-state index in [0.29, 0.717) is 11.3 Å². The molecule has 3 heterocycles. The van der Waals surface area contributed by atoms with Crippen molar-refractivity contribution in [2.45, 2.75) is 52.9 Å². The highest BCUT2D eigenvalue weighted by Gasteiger charge is 2.36. The maximum atomic E-state index is 5.15. The molecule has 5 rings (SSSR count). The Balaban J connectivity index is 1.60. The minimum atomic E-state index is 0.483. The molecule has 1 aromatic carbocycles. The lowest BCUT2D eigenvalue weighted by Gasteiger charge is -2.43. The summed E-state index contributed by atoms with van der Waals surface area (Å²) < 4.78 is 1.84. The summed E-state index contributed by atoms with van der Waals surface area (Å²) >= 11 is 0. The standard InChI is InChI=1S/C28H30N4/c1-5-6-7-8-9-22-16-24-19(2)30-25-14-15-29-32(25)27(24)31-26(22)21-12-10-20(11-13-21)23-17-28(3,4)18-23/h5-8,10-16,23H,9,17-18H2,1-4H3/b6-5-,8-7-. The second kappa shape index (κ2) is 8.01. The zero-order chi connectivity index (χ0) is 22.3. The summed E-state index contributed by atoms with van der Waals surface area (Å²) in [5, 5.41) is 5.53. The van der Waals surface area contributed by atoms with Gasteiger partial charge in [0.1, 0.15) is 0 Å². The van der Waals surface area contributed by atoms with Gasteiger partial charge in [-0.15, -0.1) is 0 Å². The Morgan fingerprint density at radius 2 is 1.84 bits per heavy atom. The molecule has 0 N–H and O–H groups in total. The average Bonchev–Trinajstić information content (AvgIpc) is 3.23. The number of fused-ring (bicyclic) bond motifs is 3. The third kappa shape index (κ3) is 3.75. The van der Waals surface area contributed by atoms with Crippen LogP contribution in [0, 0.1) is 12.3 Å². The number of hydrogen-bond acceptors (Lipinski definition) is 3. The van der Waals surface area contributed by atoms with Crippen molar-refractivity contribution in [3.63, 3.8) is 0 Å². The monoisotopic (exact) mass is 422 g/mol. The first-order valence-corrected chi connectivity index (χ1v) is 11.5. The van der Waals surface area contributed by atoms with Crippen LogP contribution in [0.1, 0.15) is 56.4 Å². The normalized spacial score (nSPS) is 16.5. The van der Waals surface area contributed by atoms with Crippen molar-refractivity contribution in [2.24, 2.45) is 5.41 Å². The lowest BCUT2D eigenvalue weighted by Crippen LogP contribution is -2.29. The number of aryl methyl sites for hydroxylation is 1. The van der Waals surface area contributed by atoms with E-state index in [2.05, 4.69) is 67.5 Å². The van der Waals surface area contributed by atoms with Crippen LogP contribution in [0.5, 0.6) is 0 Å². The Bertz CT molecular complexity index is 1330. The van der Waals surface area contributed by atoms with E-state index in [9.17, 15) is 0 Å². The van der Waals surface area contributed by atoms with Gasteiger partial charge in [0.05, 0.1) is 17.6 Å². The molecule has 0 atom stereocenters. The summed E-state index contributed by atoms with van der Waals surface area (Å²) in [5.74, 6) is 0.685. The highest BCUT2D eigenvalue weighted by molar-refractivity contribution is 5.84. The number of aromatic nitrogens is 4. The van der Waals surface area contributed by atoms with Crippen LogP contribution in [0.2, 0.25) is 0 Å². The van der Waals surface area contributed by atoms with Crippen molar-refractivity contribution >= 4 is 16.7 Å². The molecule has 4 aromatic rings. The Labute approximate surface area is 189 Å². The van der Waals surface area contributed by atoms with E-state index in [1.54, 1.807) is 6.20 Å². The third-order valence-electron chi connectivity index (χ3n) is 6.61. The number of hydrogen-bond donors (Lipinski definition) is 0. The molecule has 4 nitrogen and oxygen atoms in total. The summed E-state index contributed by atoms with van der Waals surface area (Å²) in [7, 11) is 0. The molecule has 1 fully saturated rings. The van der Waals surface area contributed by atoms with E-state index in [1.807, 2.05) is 30.5 Å². The van der Waals surface area contributed by atoms with Crippen LogP contribution >= 0.6 is 0 Å². The fourth-order valence-electron chi connectivity index (χ4n) is 4.96. The highest BCUT2D eigenvalue weighted by atomic mass is 15.3. The summed E-state index contributed by atoms with van der Waals surface area (Å²) in [5.41, 5.74) is 7.97. The van der Waals surface area contributed by atoms with Crippen molar-refractivity contribution in [3.05, 3.63) is 83.7 Å². The minimum absolute atomic E-state index is 0.483. The molecule has 1 saturated carbocycles. The molecule has 32 heavy (non-hydrogen) atoms. The van der Waals surface area contributed by atoms with E-state index in [-0.39, 0.29) is 0 Å². The van der Waals surface area contributed by atoms with Crippen LogP contribution in [-0.4, -0.2) is 19.6 Å². The Morgan fingerprint density at radius 3 is 2.56 bits per heavy atom. The zero-order valence-corrected chi connectivity index (χ0v) is 19.3. The van der Waals surface area contributed by atoms with Crippen LogP contribution in [0.15, 0.2) is 66.9 Å². The largest absolute Gasteiger partial charge is 0.233 e. The predicted octanol–water partition coefficient (Wildman–Crippen LogP) is 6.83. The smallest absolute Gasteiger partial charge is 0.165 e. The molecule has 0 unspecified atom stereocenters. The molecule has 162 valence electrons. The number of pyridine rings is 1. The summed E-state index contributed by atoms with van der Waals surface area (Å²) in [4.78, 5) is 9.85. The van der Waals surface area contributed by atoms with E-state index >= 15 is 0 Å². The molecular formula is C28H30N4. The second-order valence-corrected chi connectivity index (χ2v) is 9.72. The fraction of sp³-hybridized carbons (Fsp3) is 0.321. The molecule has 1 aliphatic rings. The zero-order valence-electron chi connectivity index (χ0n) is 19.3. The third-order valence-corrected chi connectivity index (χ3v) is 6.61. The number of allylic oxidation sites excluding steroid dienone is 4. The Hall–Kier alpha value is -3.27. The highest BCUT2D eigenvalue weighted by Crippen LogP contribution is 2.50. The lowest BCUT2D eigenvalue weighted by atomic mass is 9.62. The van der Waals surface area contributed by atoms with Crippen LogP contribution in [0.4, 0.5) is 0 Å². The van der Waals surface area contributed by atoms with Crippen LogP contribution in [0.25, 0.3) is 27.9 Å². The van der Waals surface area contributed by atoms with Gasteiger partial charge in [-0.1, -0.05) is 62.4 Å². The maximum Gasteiger partial charge on any atom is 0.165 e. The van der Waals surface area contributed by atoms with Crippen molar-refractivity contribution in [2.75, 3.05) is 0 Å². The summed E-state index contributed by atoms with van der Waals surface area (Å²) in [6.45, 7) is 8.79. The van der Waals surface area contributed by atoms with Gasteiger partial charge in [-0.2, -0.15) is 9.61 Å². The second-order valence-electron chi connectivity index (χ2n) is 9.72. The molecule has 0 radical (unpaired) electrons. The molecule has 0 bridgehead atoms. The summed E-state index contributed by atoms with van der Waals surface area (Å²) in [6, 6.07) is 13.2. The lowest BCUT2D eigenvalue weighted by molar-refractivity contribution is 0.151.